The van der Waals surface area contributed by atoms with Crippen LogP contribution in [0.3, 0.4) is 0 Å². The highest BCUT2D eigenvalue weighted by Gasteiger charge is 2.31. The van der Waals surface area contributed by atoms with Crippen molar-refractivity contribution in [2.75, 3.05) is 19.0 Å². The quantitative estimate of drug-likeness (QED) is 0.362. The molecule has 0 aliphatic carbocycles. The fourth-order valence-electron chi connectivity index (χ4n) is 4.18. The molecule has 4 rings (SSSR count). The third-order valence-electron chi connectivity index (χ3n) is 5.60. The van der Waals surface area contributed by atoms with Gasteiger partial charge in [0, 0.05) is 31.4 Å². The lowest BCUT2D eigenvalue weighted by molar-refractivity contribution is -0.138. The Morgan fingerprint density at radius 3 is 2.24 bits per heavy atom. The zero-order valence-corrected chi connectivity index (χ0v) is 21.0. The molecule has 0 N–H and O–H groups in total. The van der Waals surface area contributed by atoms with Crippen molar-refractivity contribution in [2.24, 2.45) is 0 Å². The lowest BCUT2D eigenvalue weighted by Crippen LogP contribution is -2.29. The minimum absolute atomic E-state index is 0.0646. The number of aryl methyl sites for hydroxylation is 1. The van der Waals surface area contributed by atoms with Crippen LogP contribution in [0.4, 0.5) is 5.82 Å². The van der Waals surface area contributed by atoms with Crippen LogP contribution in [0.2, 0.25) is 0 Å². The molecule has 2 heterocycles. The molecule has 0 unspecified atom stereocenters. The largest absolute Gasteiger partial charge is 0.362 e. The van der Waals surface area contributed by atoms with E-state index in [1.54, 1.807) is 6.92 Å². The van der Waals surface area contributed by atoms with Crippen LogP contribution in [0.15, 0.2) is 60.7 Å². The maximum absolute atomic E-state index is 12.7. The molecule has 176 valence electrons. The number of hydrogen-bond donors (Lipinski definition) is 0. The molecule has 6 nitrogen and oxygen atoms in total. The fraction of sp³-hybridized carbons (Fsp3) is 0.321. The van der Waals surface area contributed by atoms with E-state index < -0.39 is 11.7 Å². The van der Waals surface area contributed by atoms with Gasteiger partial charge in [0.05, 0.1) is 16.9 Å². The highest BCUT2D eigenvalue weighted by molar-refractivity contribution is 5.84. The van der Waals surface area contributed by atoms with Gasteiger partial charge in [-0.05, 0) is 51.8 Å². The monoisotopic (exact) mass is 456 g/mol. The van der Waals surface area contributed by atoms with Crippen molar-refractivity contribution in [1.29, 1.82) is 0 Å². The Balaban J connectivity index is 1.88. The average Bonchev–Trinajstić information content (AvgIpc) is 3.20. The number of ether oxygens (including phenoxy) is 1. The van der Waals surface area contributed by atoms with Gasteiger partial charge < -0.3 is 9.64 Å². The smallest absolute Gasteiger partial charge is 0.163 e. The summed E-state index contributed by atoms with van der Waals surface area (Å²) in [7, 11) is 3.90. The molecule has 2 aromatic heterocycles. The zero-order chi connectivity index (χ0) is 24.6. The van der Waals surface area contributed by atoms with Gasteiger partial charge in [-0.25, -0.2) is 4.98 Å². The first-order chi connectivity index (χ1) is 16.0. The highest BCUT2D eigenvalue weighted by atomic mass is 16.5. The van der Waals surface area contributed by atoms with E-state index in [9.17, 15) is 4.79 Å². The highest BCUT2D eigenvalue weighted by Crippen LogP contribution is 2.35. The second-order valence-corrected chi connectivity index (χ2v) is 9.80. The van der Waals surface area contributed by atoms with Crippen molar-refractivity contribution in [1.82, 2.24) is 14.6 Å². The van der Waals surface area contributed by atoms with E-state index in [0.29, 0.717) is 0 Å². The molecule has 4 aromatic rings. The topological polar surface area (TPSA) is 59.7 Å². The van der Waals surface area contributed by atoms with Crippen LogP contribution in [-0.4, -0.2) is 40.1 Å². The molecular weight excluding hydrogens is 424 g/mol. The Bertz CT molecular complexity index is 1330. The number of anilines is 1. The first-order valence-electron chi connectivity index (χ1n) is 11.5. The lowest BCUT2D eigenvalue weighted by atomic mass is 10.0. The van der Waals surface area contributed by atoms with E-state index in [4.69, 9.17) is 14.8 Å². The number of Topliss-reactive ketones (excluding diaryl/α,β-unsaturated/α-hetero) is 1. The van der Waals surface area contributed by atoms with Crippen LogP contribution in [0.5, 0.6) is 0 Å². The van der Waals surface area contributed by atoms with E-state index in [2.05, 4.69) is 30.3 Å². The van der Waals surface area contributed by atoms with Gasteiger partial charge in [0.1, 0.15) is 11.9 Å². The summed E-state index contributed by atoms with van der Waals surface area (Å²) in [4.78, 5) is 19.5. The van der Waals surface area contributed by atoms with Gasteiger partial charge in [0.15, 0.2) is 11.4 Å². The maximum Gasteiger partial charge on any atom is 0.163 e. The van der Waals surface area contributed by atoms with E-state index in [1.165, 1.54) is 0 Å². The summed E-state index contributed by atoms with van der Waals surface area (Å²) >= 11 is 0. The summed E-state index contributed by atoms with van der Waals surface area (Å²) in [6.07, 6.45) is -0.733. The first-order valence-corrected chi connectivity index (χ1v) is 11.5. The number of rotatable bonds is 6. The minimum atomic E-state index is -0.733. The van der Waals surface area contributed by atoms with Gasteiger partial charge >= 0.3 is 0 Å². The predicted octanol–water partition coefficient (Wildman–Crippen LogP) is 5.88. The van der Waals surface area contributed by atoms with Crippen molar-refractivity contribution in [3.63, 3.8) is 0 Å². The van der Waals surface area contributed by atoms with Gasteiger partial charge in [-0.1, -0.05) is 48.5 Å². The number of nitrogens with zero attached hydrogens (tertiary/aromatic N) is 4. The molecule has 6 heteroatoms. The number of ketones is 1. The lowest BCUT2D eigenvalue weighted by Gasteiger charge is -2.30. The van der Waals surface area contributed by atoms with Crippen molar-refractivity contribution >= 4 is 17.2 Å². The van der Waals surface area contributed by atoms with Crippen molar-refractivity contribution in [2.45, 2.75) is 46.3 Å². The minimum Gasteiger partial charge on any atom is -0.362 e. The molecule has 0 aliphatic heterocycles. The third kappa shape index (κ3) is 4.73. The predicted molar refractivity (Wildman–Crippen MR) is 137 cm³/mol. The fourth-order valence-corrected chi connectivity index (χ4v) is 4.18. The molecule has 0 saturated carbocycles. The number of carbonyl (C=O) groups is 1. The van der Waals surface area contributed by atoms with Gasteiger partial charge in [0.25, 0.3) is 0 Å². The SMILES string of the molecule is CC(=O)[C@@H](OC(C)(C)C)c1c(C)nc2cc(-c3cccc(-c4ccccc4)c3)nn2c1N(C)C. The summed E-state index contributed by atoms with van der Waals surface area (Å²) in [6, 6.07) is 20.6. The molecule has 34 heavy (non-hydrogen) atoms. The second-order valence-electron chi connectivity index (χ2n) is 9.80. The molecule has 0 amide bonds. The Morgan fingerprint density at radius 2 is 1.62 bits per heavy atom. The maximum atomic E-state index is 12.7. The van der Waals surface area contributed by atoms with E-state index in [0.717, 1.165) is 45.1 Å². The molecule has 0 radical (unpaired) electrons. The second kappa shape index (κ2) is 9.03. The van der Waals surface area contributed by atoms with Crippen molar-refractivity contribution in [3.05, 3.63) is 71.9 Å². The Kier molecular flexibility index (Phi) is 6.28. The summed E-state index contributed by atoms with van der Waals surface area (Å²) in [5.74, 6) is 0.725. The molecule has 0 spiro atoms. The molecule has 0 fully saturated rings. The number of carbonyl (C=O) groups excluding carboxylic acids is 1. The summed E-state index contributed by atoms with van der Waals surface area (Å²) in [5, 5.41) is 4.92. The molecule has 1 atom stereocenters. The molecule has 0 saturated heterocycles. The van der Waals surface area contributed by atoms with Crippen molar-refractivity contribution in [3.8, 4) is 22.4 Å². The first kappa shape index (κ1) is 23.6. The summed E-state index contributed by atoms with van der Waals surface area (Å²) < 4.78 is 8.02. The number of hydrogen-bond acceptors (Lipinski definition) is 5. The Labute approximate surface area is 201 Å². The van der Waals surface area contributed by atoms with Gasteiger partial charge in [0.2, 0.25) is 0 Å². The van der Waals surface area contributed by atoms with Crippen LogP contribution in [0.1, 0.15) is 45.1 Å². The summed E-state index contributed by atoms with van der Waals surface area (Å²) in [5.41, 5.74) is 5.84. The van der Waals surface area contributed by atoms with Crippen molar-refractivity contribution < 1.29 is 9.53 Å². The van der Waals surface area contributed by atoms with E-state index in [-0.39, 0.29) is 5.78 Å². The van der Waals surface area contributed by atoms with E-state index in [1.807, 2.05) is 81.5 Å². The Hall–Kier alpha value is -3.51. The van der Waals surface area contributed by atoms with Gasteiger partial charge in [-0.3, -0.25) is 4.79 Å². The Morgan fingerprint density at radius 1 is 0.971 bits per heavy atom. The number of fused-ring (bicyclic) bond motifs is 1. The van der Waals surface area contributed by atoms with Gasteiger partial charge in [-0.2, -0.15) is 9.61 Å². The molecule has 2 aromatic carbocycles. The number of benzene rings is 2. The van der Waals surface area contributed by atoms with Crippen LogP contribution >= 0.6 is 0 Å². The average molecular weight is 457 g/mol. The summed E-state index contributed by atoms with van der Waals surface area (Å²) in [6.45, 7) is 9.33. The molecular formula is C28H32N4O2. The third-order valence-corrected chi connectivity index (χ3v) is 5.60. The standard InChI is InChI=1S/C28H32N4O2/c1-18-25(26(19(2)33)34-28(3,4)5)27(31(6)7)32-24(29-18)17-23(30-32)22-15-11-14-21(16-22)20-12-9-8-10-13-20/h8-17,26H,1-7H3/t26-/m1/s1. The van der Waals surface area contributed by atoms with Crippen LogP contribution < -0.4 is 4.90 Å². The zero-order valence-electron chi connectivity index (χ0n) is 21.0. The van der Waals surface area contributed by atoms with Gasteiger partial charge in [-0.15, -0.1) is 0 Å². The van der Waals surface area contributed by atoms with E-state index >= 15 is 0 Å². The molecule has 0 bridgehead atoms. The van der Waals surface area contributed by atoms with Crippen LogP contribution in [0.25, 0.3) is 28.0 Å². The molecule has 0 aliphatic rings. The normalized spacial score (nSPS) is 12.7. The van der Waals surface area contributed by atoms with Crippen LogP contribution in [0, 0.1) is 6.92 Å². The number of aromatic nitrogens is 3. The van der Waals surface area contributed by atoms with Crippen LogP contribution in [-0.2, 0) is 9.53 Å².